The first-order chi connectivity index (χ1) is 16.0. The number of hydrogen-bond acceptors (Lipinski definition) is 5. The summed E-state index contributed by atoms with van der Waals surface area (Å²) in [7, 11) is 0. The van der Waals surface area contributed by atoms with Gasteiger partial charge in [0.25, 0.3) is 5.91 Å². The number of ether oxygens (including phenoxy) is 2. The summed E-state index contributed by atoms with van der Waals surface area (Å²) in [5.41, 5.74) is 3.54. The lowest BCUT2D eigenvalue weighted by atomic mass is 10.0. The Morgan fingerprint density at radius 1 is 0.879 bits per heavy atom. The SMILES string of the molecule is O=C(COC(=O)COc1ccc2c(c1)CCC2)Nc1ccc(Cl)cc1C(=O)c1ccccc1. The normalized spacial score (nSPS) is 12.0. The van der Waals surface area contributed by atoms with Gasteiger partial charge in [-0.05, 0) is 60.7 Å². The van der Waals surface area contributed by atoms with Crippen LogP contribution in [-0.2, 0) is 27.2 Å². The number of benzene rings is 3. The van der Waals surface area contributed by atoms with Gasteiger partial charge in [-0.15, -0.1) is 0 Å². The van der Waals surface area contributed by atoms with Gasteiger partial charge in [0.05, 0.1) is 5.69 Å². The van der Waals surface area contributed by atoms with E-state index in [4.69, 9.17) is 21.1 Å². The van der Waals surface area contributed by atoms with Crippen molar-refractivity contribution in [3.63, 3.8) is 0 Å². The van der Waals surface area contributed by atoms with Crippen molar-refractivity contribution in [3.05, 3.63) is 94.0 Å². The number of nitrogens with one attached hydrogen (secondary N) is 1. The number of amides is 1. The summed E-state index contributed by atoms with van der Waals surface area (Å²) in [6.07, 6.45) is 3.21. The zero-order valence-corrected chi connectivity index (χ0v) is 18.6. The molecule has 0 bridgehead atoms. The molecule has 1 aliphatic carbocycles. The van der Waals surface area contributed by atoms with E-state index in [1.165, 1.54) is 23.3 Å². The topological polar surface area (TPSA) is 81.7 Å². The van der Waals surface area contributed by atoms with Crippen LogP contribution in [0.2, 0.25) is 5.02 Å². The third-order valence-electron chi connectivity index (χ3n) is 5.33. The molecule has 1 amide bonds. The summed E-state index contributed by atoms with van der Waals surface area (Å²) in [6, 6.07) is 19.0. The monoisotopic (exact) mass is 463 g/mol. The van der Waals surface area contributed by atoms with E-state index in [1.54, 1.807) is 36.4 Å². The molecule has 3 aromatic rings. The molecule has 0 atom stereocenters. The number of aryl methyl sites for hydroxylation is 2. The molecule has 0 unspecified atom stereocenters. The number of fused-ring (bicyclic) bond motifs is 1. The van der Waals surface area contributed by atoms with Gasteiger partial charge < -0.3 is 14.8 Å². The van der Waals surface area contributed by atoms with Gasteiger partial charge in [0.15, 0.2) is 19.0 Å². The maximum Gasteiger partial charge on any atom is 0.344 e. The van der Waals surface area contributed by atoms with Crippen LogP contribution in [0.3, 0.4) is 0 Å². The van der Waals surface area contributed by atoms with Crippen LogP contribution in [0.1, 0.15) is 33.5 Å². The van der Waals surface area contributed by atoms with E-state index in [0.717, 1.165) is 19.3 Å². The summed E-state index contributed by atoms with van der Waals surface area (Å²) >= 11 is 6.06. The molecule has 3 aromatic carbocycles. The van der Waals surface area contributed by atoms with E-state index in [9.17, 15) is 14.4 Å². The second-order valence-corrected chi connectivity index (χ2v) is 8.10. The van der Waals surface area contributed by atoms with Gasteiger partial charge >= 0.3 is 5.97 Å². The number of carbonyl (C=O) groups is 3. The zero-order chi connectivity index (χ0) is 23.2. The van der Waals surface area contributed by atoms with Gasteiger partial charge in [0, 0.05) is 16.1 Å². The number of carbonyl (C=O) groups excluding carboxylic acids is 3. The lowest BCUT2D eigenvalue weighted by Gasteiger charge is -2.12. The molecule has 168 valence electrons. The quantitative estimate of drug-likeness (QED) is 0.389. The molecule has 0 spiro atoms. The van der Waals surface area contributed by atoms with Gasteiger partial charge in [0.1, 0.15) is 5.75 Å². The van der Waals surface area contributed by atoms with Crippen molar-refractivity contribution < 1.29 is 23.9 Å². The van der Waals surface area contributed by atoms with Crippen LogP contribution < -0.4 is 10.1 Å². The van der Waals surface area contributed by atoms with Crippen LogP contribution in [0.25, 0.3) is 0 Å². The highest BCUT2D eigenvalue weighted by Gasteiger charge is 2.17. The number of halogens is 1. The predicted octanol–water partition coefficient (Wildman–Crippen LogP) is 4.62. The van der Waals surface area contributed by atoms with E-state index >= 15 is 0 Å². The zero-order valence-electron chi connectivity index (χ0n) is 17.8. The highest BCUT2D eigenvalue weighted by atomic mass is 35.5. The number of rotatable bonds is 8. The average molecular weight is 464 g/mol. The van der Waals surface area contributed by atoms with Crippen LogP contribution in [-0.4, -0.2) is 30.9 Å². The van der Waals surface area contributed by atoms with Gasteiger partial charge in [-0.2, -0.15) is 0 Å². The standard InChI is InChI=1S/C26H22ClNO5/c27-20-10-12-23(22(14-20)26(31)18-5-2-1-3-6-18)28-24(29)15-33-25(30)16-32-21-11-9-17-7-4-8-19(17)13-21/h1-3,5-6,9-14H,4,7-8,15-16H2,(H,28,29). The molecule has 0 aliphatic heterocycles. The molecule has 7 heteroatoms. The predicted molar refractivity (Wildman–Crippen MR) is 125 cm³/mol. The van der Waals surface area contributed by atoms with Crippen molar-refractivity contribution >= 4 is 34.9 Å². The summed E-state index contributed by atoms with van der Waals surface area (Å²) in [4.78, 5) is 37.2. The van der Waals surface area contributed by atoms with Gasteiger partial charge in [-0.25, -0.2) is 4.79 Å². The van der Waals surface area contributed by atoms with E-state index in [1.807, 2.05) is 18.2 Å². The molecule has 33 heavy (non-hydrogen) atoms. The van der Waals surface area contributed by atoms with Gasteiger partial charge in [-0.3, -0.25) is 9.59 Å². The fourth-order valence-corrected chi connectivity index (χ4v) is 3.88. The fourth-order valence-electron chi connectivity index (χ4n) is 3.71. The smallest absolute Gasteiger partial charge is 0.344 e. The van der Waals surface area contributed by atoms with Crippen molar-refractivity contribution in [1.29, 1.82) is 0 Å². The first-order valence-corrected chi connectivity index (χ1v) is 11.0. The highest BCUT2D eigenvalue weighted by molar-refractivity contribution is 6.31. The molecule has 0 aromatic heterocycles. The molecular formula is C26H22ClNO5. The first kappa shape index (κ1) is 22.6. The Hall–Kier alpha value is -3.64. The van der Waals surface area contributed by atoms with Gasteiger partial charge in [0.2, 0.25) is 0 Å². The van der Waals surface area contributed by atoms with Crippen LogP contribution in [0, 0.1) is 0 Å². The lowest BCUT2D eigenvalue weighted by molar-refractivity contribution is -0.149. The molecule has 0 saturated carbocycles. The maximum atomic E-state index is 12.8. The Morgan fingerprint density at radius 2 is 1.67 bits per heavy atom. The van der Waals surface area contributed by atoms with E-state index in [-0.39, 0.29) is 23.6 Å². The van der Waals surface area contributed by atoms with Gasteiger partial charge in [-0.1, -0.05) is 48.0 Å². The third kappa shape index (κ3) is 5.79. The second kappa shape index (κ2) is 10.3. The molecule has 1 N–H and O–H groups in total. The van der Waals surface area contributed by atoms with Crippen LogP contribution in [0.5, 0.6) is 5.75 Å². The summed E-state index contributed by atoms with van der Waals surface area (Å²) in [5.74, 6) is -0.928. The van der Waals surface area contributed by atoms with Crippen LogP contribution >= 0.6 is 11.6 Å². The molecule has 0 fully saturated rings. The minimum absolute atomic E-state index is 0.244. The molecule has 0 radical (unpaired) electrons. The largest absolute Gasteiger partial charge is 0.482 e. The number of hydrogen-bond donors (Lipinski definition) is 1. The first-order valence-electron chi connectivity index (χ1n) is 10.6. The van der Waals surface area contributed by atoms with E-state index in [2.05, 4.69) is 5.32 Å². The molecule has 6 nitrogen and oxygen atoms in total. The lowest BCUT2D eigenvalue weighted by Crippen LogP contribution is -2.24. The third-order valence-corrected chi connectivity index (χ3v) is 5.56. The minimum atomic E-state index is -0.664. The Morgan fingerprint density at radius 3 is 2.48 bits per heavy atom. The van der Waals surface area contributed by atoms with E-state index in [0.29, 0.717) is 16.3 Å². The Balaban J connectivity index is 1.31. The van der Waals surface area contributed by atoms with Crippen LogP contribution in [0.15, 0.2) is 66.7 Å². The van der Waals surface area contributed by atoms with Crippen molar-refractivity contribution in [2.75, 3.05) is 18.5 Å². The number of esters is 1. The highest BCUT2D eigenvalue weighted by Crippen LogP contribution is 2.26. The van der Waals surface area contributed by atoms with Crippen LogP contribution in [0.4, 0.5) is 5.69 Å². The molecule has 4 rings (SSSR count). The minimum Gasteiger partial charge on any atom is -0.482 e. The van der Waals surface area contributed by atoms with Crippen molar-refractivity contribution in [2.24, 2.45) is 0 Å². The number of anilines is 1. The van der Waals surface area contributed by atoms with E-state index < -0.39 is 18.5 Å². The van der Waals surface area contributed by atoms with Crippen molar-refractivity contribution in [1.82, 2.24) is 0 Å². The second-order valence-electron chi connectivity index (χ2n) is 7.67. The van der Waals surface area contributed by atoms with Crippen molar-refractivity contribution in [3.8, 4) is 5.75 Å². The molecule has 0 heterocycles. The average Bonchev–Trinajstić information content (AvgIpc) is 3.30. The molecule has 1 aliphatic rings. The summed E-state index contributed by atoms with van der Waals surface area (Å²) in [5, 5.41) is 2.97. The number of ketones is 1. The fraction of sp³-hybridized carbons (Fsp3) is 0.192. The Bertz CT molecular complexity index is 1190. The Labute approximate surface area is 196 Å². The van der Waals surface area contributed by atoms with Crippen molar-refractivity contribution in [2.45, 2.75) is 19.3 Å². The summed E-state index contributed by atoms with van der Waals surface area (Å²) in [6.45, 7) is -0.807. The summed E-state index contributed by atoms with van der Waals surface area (Å²) < 4.78 is 10.5. The maximum absolute atomic E-state index is 12.8. The molecule has 0 saturated heterocycles. The Kier molecular flexibility index (Phi) is 7.05. The molecular weight excluding hydrogens is 442 g/mol.